The zero-order chi connectivity index (χ0) is 14.9. The van der Waals surface area contributed by atoms with E-state index in [0.717, 1.165) is 12.8 Å². The molecule has 0 unspecified atom stereocenters. The van der Waals surface area contributed by atoms with Crippen molar-refractivity contribution in [3.05, 3.63) is 29.3 Å². The van der Waals surface area contributed by atoms with Crippen LogP contribution in [0.1, 0.15) is 32.3 Å². The summed E-state index contributed by atoms with van der Waals surface area (Å²) in [5.41, 5.74) is 5.70. The Morgan fingerprint density at radius 3 is 2.15 bits per heavy atom. The molecule has 2 N–H and O–H groups in total. The second-order valence-corrected chi connectivity index (χ2v) is 6.16. The second kappa shape index (κ2) is 6.04. The molecule has 110 valence electrons. The fraction of sp³-hybridized carbons (Fsp3) is 0.533. The van der Waals surface area contributed by atoms with Crippen LogP contribution in [0.5, 0.6) is 0 Å². The Hall–Kier alpha value is -1.23. The zero-order valence-corrected chi connectivity index (χ0v) is 12.6. The molecule has 1 aromatic rings. The van der Waals surface area contributed by atoms with E-state index in [4.69, 9.17) is 18.0 Å². The van der Waals surface area contributed by atoms with Gasteiger partial charge in [0.15, 0.2) is 0 Å². The molecule has 0 spiro atoms. The minimum Gasteiger partial charge on any atom is -0.389 e. The van der Waals surface area contributed by atoms with E-state index in [1.54, 1.807) is 4.90 Å². The van der Waals surface area contributed by atoms with E-state index in [1.807, 2.05) is 0 Å². The number of halogens is 2. The van der Waals surface area contributed by atoms with Crippen molar-refractivity contribution in [1.29, 1.82) is 0 Å². The molecular formula is C15H20F2N2S. The zero-order valence-electron chi connectivity index (χ0n) is 11.8. The second-order valence-electron chi connectivity index (χ2n) is 5.72. The number of nitrogens with zero attached hydrogens (tertiary/aromatic N) is 1. The van der Waals surface area contributed by atoms with E-state index in [1.165, 1.54) is 12.1 Å². The fourth-order valence-electron chi connectivity index (χ4n) is 2.80. The molecule has 2 rings (SSSR count). The quantitative estimate of drug-likeness (QED) is 0.866. The maximum Gasteiger partial charge on any atom is 0.150 e. The molecule has 0 radical (unpaired) electrons. The number of hydrogen-bond donors (Lipinski definition) is 1. The van der Waals surface area contributed by atoms with Gasteiger partial charge >= 0.3 is 0 Å². The molecule has 1 aromatic carbocycles. The van der Waals surface area contributed by atoms with Gasteiger partial charge in [-0.15, -0.1) is 0 Å². The van der Waals surface area contributed by atoms with E-state index < -0.39 is 11.6 Å². The smallest absolute Gasteiger partial charge is 0.150 e. The first-order chi connectivity index (χ1) is 9.40. The topological polar surface area (TPSA) is 29.3 Å². The van der Waals surface area contributed by atoms with Crippen LogP contribution in [0.3, 0.4) is 0 Å². The first-order valence-corrected chi connectivity index (χ1v) is 7.34. The van der Waals surface area contributed by atoms with Crippen molar-refractivity contribution in [2.75, 3.05) is 18.0 Å². The molecule has 1 fully saturated rings. The first-order valence-electron chi connectivity index (χ1n) is 6.94. The van der Waals surface area contributed by atoms with Crippen molar-refractivity contribution in [2.45, 2.75) is 26.7 Å². The summed E-state index contributed by atoms with van der Waals surface area (Å²) in [7, 11) is 0. The molecule has 0 aliphatic carbocycles. The van der Waals surface area contributed by atoms with Gasteiger partial charge in [-0.25, -0.2) is 8.78 Å². The third-order valence-electron chi connectivity index (χ3n) is 4.10. The lowest BCUT2D eigenvalue weighted by Crippen LogP contribution is -2.36. The van der Waals surface area contributed by atoms with Crippen LogP contribution in [0.4, 0.5) is 14.5 Å². The van der Waals surface area contributed by atoms with Crippen molar-refractivity contribution in [2.24, 2.45) is 17.6 Å². The average molecular weight is 298 g/mol. The molecular weight excluding hydrogens is 278 g/mol. The van der Waals surface area contributed by atoms with E-state index in [-0.39, 0.29) is 16.2 Å². The maximum atomic E-state index is 14.1. The van der Waals surface area contributed by atoms with Crippen LogP contribution in [0.2, 0.25) is 0 Å². The Balaban J connectivity index is 2.20. The molecule has 0 atom stereocenters. The van der Waals surface area contributed by atoms with Crippen LogP contribution < -0.4 is 10.6 Å². The third-order valence-corrected chi connectivity index (χ3v) is 4.34. The number of anilines is 1. The summed E-state index contributed by atoms with van der Waals surface area (Å²) in [6.45, 7) is 5.75. The number of benzene rings is 1. The van der Waals surface area contributed by atoms with Crippen LogP contribution in [-0.4, -0.2) is 18.1 Å². The van der Waals surface area contributed by atoms with Gasteiger partial charge in [0.2, 0.25) is 0 Å². The predicted octanol–water partition coefficient (Wildman–Crippen LogP) is 3.47. The third kappa shape index (κ3) is 3.08. The highest BCUT2D eigenvalue weighted by molar-refractivity contribution is 7.80. The van der Waals surface area contributed by atoms with Gasteiger partial charge in [-0.2, -0.15) is 0 Å². The van der Waals surface area contributed by atoms with Gasteiger partial charge < -0.3 is 10.6 Å². The fourth-order valence-corrected chi connectivity index (χ4v) is 2.92. The Morgan fingerprint density at radius 2 is 1.75 bits per heavy atom. The summed E-state index contributed by atoms with van der Waals surface area (Å²) in [6, 6.07) is 2.44. The molecule has 1 aliphatic heterocycles. The standard InChI is InChI=1S/C15H20F2N2S/c1-9(2)10-3-5-19(6-4-10)14-12(16)7-11(15(18)20)8-13(14)17/h7-10H,3-6H2,1-2H3,(H2,18,20). The van der Waals surface area contributed by atoms with Crippen molar-refractivity contribution < 1.29 is 8.78 Å². The molecule has 0 bridgehead atoms. The van der Waals surface area contributed by atoms with Crippen molar-refractivity contribution in [3.8, 4) is 0 Å². The highest BCUT2D eigenvalue weighted by Gasteiger charge is 2.25. The van der Waals surface area contributed by atoms with E-state index in [0.29, 0.717) is 24.9 Å². The van der Waals surface area contributed by atoms with Crippen LogP contribution >= 0.6 is 12.2 Å². The molecule has 0 saturated carbocycles. The summed E-state index contributed by atoms with van der Waals surface area (Å²) in [4.78, 5) is 1.79. The summed E-state index contributed by atoms with van der Waals surface area (Å²) < 4.78 is 28.2. The summed E-state index contributed by atoms with van der Waals surface area (Å²) in [5.74, 6) is 0.0729. The number of nitrogens with two attached hydrogens (primary N) is 1. The monoisotopic (exact) mass is 298 g/mol. The summed E-state index contributed by atoms with van der Waals surface area (Å²) >= 11 is 4.76. The van der Waals surface area contributed by atoms with Crippen molar-refractivity contribution >= 4 is 22.9 Å². The first kappa shape index (κ1) is 15.2. The van der Waals surface area contributed by atoms with E-state index in [2.05, 4.69) is 13.8 Å². The molecule has 5 heteroatoms. The number of thiocarbonyl (C=S) groups is 1. The Morgan fingerprint density at radius 1 is 1.25 bits per heavy atom. The lowest BCUT2D eigenvalue weighted by molar-refractivity contribution is 0.309. The largest absolute Gasteiger partial charge is 0.389 e. The number of hydrogen-bond acceptors (Lipinski definition) is 2. The summed E-state index contributed by atoms with van der Waals surface area (Å²) in [6.07, 6.45) is 1.93. The Kier molecular flexibility index (Phi) is 4.58. The van der Waals surface area contributed by atoms with Gasteiger partial charge in [-0.1, -0.05) is 26.1 Å². The number of rotatable bonds is 3. The Bertz CT molecular complexity index is 486. The van der Waals surface area contributed by atoms with Crippen LogP contribution in [0.25, 0.3) is 0 Å². The van der Waals surface area contributed by atoms with Gasteiger partial charge in [0.25, 0.3) is 0 Å². The molecule has 1 heterocycles. The van der Waals surface area contributed by atoms with Gasteiger partial charge in [-0.05, 0) is 36.8 Å². The van der Waals surface area contributed by atoms with Crippen LogP contribution in [0, 0.1) is 23.5 Å². The van der Waals surface area contributed by atoms with Crippen molar-refractivity contribution in [3.63, 3.8) is 0 Å². The minimum atomic E-state index is -0.587. The van der Waals surface area contributed by atoms with Gasteiger partial charge in [-0.3, -0.25) is 0 Å². The normalized spacial score (nSPS) is 16.8. The molecule has 0 aromatic heterocycles. The predicted molar refractivity (Wildman–Crippen MR) is 82.0 cm³/mol. The molecule has 20 heavy (non-hydrogen) atoms. The lowest BCUT2D eigenvalue weighted by atomic mass is 9.86. The lowest BCUT2D eigenvalue weighted by Gasteiger charge is -2.35. The molecule has 2 nitrogen and oxygen atoms in total. The average Bonchev–Trinajstić information content (AvgIpc) is 2.38. The van der Waals surface area contributed by atoms with Gasteiger partial charge in [0.1, 0.15) is 22.3 Å². The minimum absolute atomic E-state index is 0.00728. The van der Waals surface area contributed by atoms with Gasteiger partial charge in [0, 0.05) is 18.7 Å². The highest BCUT2D eigenvalue weighted by atomic mass is 32.1. The van der Waals surface area contributed by atoms with Crippen molar-refractivity contribution in [1.82, 2.24) is 0 Å². The van der Waals surface area contributed by atoms with E-state index >= 15 is 0 Å². The van der Waals surface area contributed by atoms with Crippen LogP contribution in [0.15, 0.2) is 12.1 Å². The molecule has 1 saturated heterocycles. The number of piperidine rings is 1. The van der Waals surface area contributed by atoms with E-state index in [9.17, 15) is 8.78 Å². The summed E-state index contributed by atoms with van der Waals surface area (Å²) in [5, 5.41) is 0. The van der Waals surface area contributed by atoms with Crippen LogP contribution in [-0.2, 0) is 0 Å². The maximum absolute atomic E-state index is 14.1. The van der Waals surface area contributed by atoms with Gasteiger partial charge in [0.05, 0.1) is 0 Å². The molecule has 1 aliphatic rings. The Labute approximate surface area is 123 Å². The highest BCUT2D eigenvalue weighted by Crippen LogP contribution is 2.31. The SMILES string of the molecule is CC(C)C1CCN(c2c(F)cc(C(N)=S)cc2F)CC1. The molecule has 0 amide bonds.